The number of carbonyl (C=O) groups is 1. The second-order valence-electron chi connectivity index (χ2n) is 2.85. The molecule has 10 heavy (non-hydrogen) atoms. The molecule has 2 heteroatoms. The summed E-state index contributed by atoms with van der Waals surface area (Å²) in [7, 11) is 0. The Balaban J connectivity index is 2.26. The first kappa shape index (κ1) is 5.96. The maximum Gasteiger partial charge on any atom is 0.313 e. The zero-order valence-electron chi connectivity index (χ0n) is 5.80. The normalized spacial score (nSPS) is 31.0. The average Bonchev–Trinajstić information content (AvgIpc) is 2.36. The molecular weight excluding hydrogens is 128 g/mol. The largest absolute Gasteiger partial charge is 0.461 e. The molecule has 1 fully saturated rings. The quantitative estimate of drug-likeness (QED) is 0.372. The Kier molecular flexibility index (Phi) is 1.26. The van der Waals surface area contributed by atoms with Gasteiger partial charge in [-0.15, -0.1) is 0 Å². The van der Waals surface area contributed by atoms with Gasteiger partial charge in [0.15, 0.2) is 0 Å². The van der Waals surface area contributed by atoms with E-state index in [0.717, 1.165) is 19.3 Å². The van der Waals surface area contributed by atoms with Gasteiger partial charge in [-0.3, -0.25) is 4.79 Å². The molecule has 1 heterocycles. The van der Waals surface area contributed by atoms with Crippen molar-refractivity contribution in [3.8, 4) is 0 Å². The summed E-state index contributed by atoms with van der Waals surface area (Å²) in [6.45, 7) is 0.505. The molecule has 0 N–H and O–H groups in total. The lowest BCUT2D eigenvalue weighted by Gasteiger charge is -2.15. The van der Waals surface area contributed by atoms with Crippen molar-refractivity contribution in [2.24, 2.45) is 5.92 Å². The summed E-state index contributed by atoms with van der Waals surface area (Å²) in [6, 6.07) is 0. The van der Waals surface area contributed by atoms with Crippen LogP contribution in [-0.4, -0.2) is 12.6 Å². The summed E-state index contributed by atoms with van der Waals surface area (Å²) in [5.41, 5.74) is 1.32. The zero-order chi connectivity index (χ0) is 6.97. The molecule has 54 valence electrons. The van der Waals surface area contributed by atoms with Gasteiger partial charge in [-0.2, -0.15) is 0 Å². The number of hydrogen-bond acceptors (Lipinski definition) is 2. The van der Waals surface area contributed by atoms with Gasteiger partial charge in [-0.05, 0) is 25.3 Å². The van der Waals surface area contributed by atoms with Gasteiger partial charge in [-0.25, -0.2) is 0 Å². The van der Waals surface area contributed by atoms with Crippen molar-refractivity contribution in [3.05, 3.63) is 11.6 Å². The Bertz CT molecular complexity index is 193. The van der Waals surface area contributed by atoms with Crippen molar-refractivity contribution < 1.29 is 9.53 Å². The fourth-order valence-corrected chi connectivity index (χ4v) is 1.71. The summed E-state index contributed by atoms with van der Waals surface area (Å²) >= 11 is 0. The first-order valence-corrected chi connectivity index (χ1v) is 3.73. The van der Waals surface area contributed by atoms with Crippen LogP contribution in [0, 0.1) is 5.92 Å². The molecule has 2 nitrogen and oxygen atoms in total. The minimum Gasteiger partial charge on any atom is -0.461 e. The minimum absolute atomic E-state index is 0.00463. The molecule has 0 amide bonds. The van der Waals surface area contributed by atoms with Gasteiger partial charge in [0.25, 0.3) is 0 Å². The Hall–Kier alpha value is -0.790. The summed E-state index contributed by atoms with van der Waals surface area (Å²) in [5.74, 6) is 0.128. The van der Waals surface area contributed by atoms with E-state index in [-0.39, 0.29) is 11.9 Å². The van der Waals surface area contributed by atoms with Crippen molar-refractivity contribution in [2.75, 3.05) is 6.61 Å². The lowest BCUT2D eigenvalue weighted by molar-refractivity contribution is -0.146. The van der Waals surface area contributed by atoms with Crippen LogP contribution in [-0.2, 0) is 9.53 Å². The summed E-state index contributed by atoms with van der Waals surface area (Å²) in [4.78, 5) is 11.0. The second-order valence-corrected chi connectivity index (χ2v) is 2.85. The number of ether oxygens (including phenoxy) is 1. The molecule has 1 unspecified atom stereocenters. The Morgan fingerprint density at radius 2 is 2.50 bits per heavy atom. The second kappa shape index (κ2) is 2.11. The van der Waals surface area contributed by atoms with E-state index in [4.69, 9.17) is 4.74 Å². The van der Waals surface area contributed by atoms with Crippen molar-refractivity contribution in [3.63, 3.8) is 0 Å². The van der Waals surface area contributed by atoms with E-state index >= 15 is 0 Å². The van der Waals surface area contributed by atoms with Crippen LogP contribution in [0.3, 0.4) is 0 Å². The van der Waals surface area contributed by atoms with E-state index in [0.29, 0.717) is 6.61 Å². The number of fused-ring (bicyclic) bond motifs is 1. The first-order chi connectivity index (χ1) is 4.88. The predicted molar refractivity (Wildman–Crippen MR) is 36.4 cm³/mol. The molecule has 0 aromatic carbocycles. The molecule has 0 aromatic rings. The number of hydrogen-bond donors (Lipinski definition) is 0. The topological polar surface area (TPSA) is 26.3 Å². The van der Waals surface area contributed by atoms with Crippen LogP contribution < -0.4 is 0 Å². The molecule has 1 saturated carbocycles. The van der Waals surface area contributed by atoms with Crippen LogP contribution in [0.2, 0.25) is 0 Å². The summed E-state index contributed by atoms with van der Waals surface area (Å²) in [6.07, 6.45) is 5.33. The maximum absolute atomic E-state index is 11.0. The van der Waals surface area contributed by atoms with Crippen LogP contribution >= 0.6 is 0 Å². The third-order valence-electron chi connectivity index (χ3n) is 2.26. The van der Waals surface area contributed by atoms with Crippen LogP contribution in [0.5, 0.6) is 0 Å². The molecular formula is C8H10O2. The Labute approximate surface area is 59.9 Å². The number of esters is 1. The van der Waals surface area contributed by atoms with Gasteiger partial charge < -0.3 is 4.74 Å². The van der Waals surface area contributed by atoms with Gasteiger partial charge in [-0.1, -0.05) is 5.57 Å². The van der Waals surface area contributed by atoms with Gasteiger partial charge in [0.1, 0.15) is 6.61 Å². The highest BCUT2D eigenvalue weighted by molar-refractivity contribution is 5.77. The molecule has 1 aliphatic carbocycles. The number of rotatable bonds is 0. The van der Waals surface area contributed by atoms with Crippen LogP contribution in [0.1, 0.15) is 19.3 Å². The highest BCUT2D eigenvalue weighted by atomic mass is 16.5. The molecule has 0 radical (unpaired) electrons. The molecule has 2 aliphatic rings. The van der Waals surface area contributed by atoms with Crippen molar-refractivity contribution >= 4 is 5.97 Å². The van der Waals surface area contributed by atoms with Crippen LogP contribution in [0.25, 0.3) is 0 Å². The Morgan fingerprint density at radius 3 is 3.30 bits per heavy atom. The van der Waals surface area contributed by atoms with E-state index in [1.165, 1.54) is 5.57 Å². The number of carbonyl (C=O) groups excluding carboxylic acids is 1. The van der Waals surface area contributed by atoms with E-state index in [1.807, 2.05) is 0 Å². The highest BCUT2D eigenvalue weighted by Gasteiger charge is 2.30. The molecule has 1 aliphatic heterocycles. The van der Waals surface area contributed by atoms with Crippen molar-refractivity contribution in [2.45, 2.75) is 19.3 Å². The predicted octanol–water partition coefficient (Wildman–Crippen LogP) is 1.27. The molecule has 0 saturated heterocycles. The van der Waals surface area contributed by atoms with Crippen molar-refractivity contribution in [1.82, 2.24) is 0 Å². The smallest absolute Gasteiger partial charge is 0.313 e. The minimum atomic E-state index is -0.00463. The lowest BCUT2D eigenvalue weighted by Crippen LogP contribution is -2.20. The SMILES string of the molecule is O=C1OCC=C2CCCC12. The molecule has 0 aromatic heterocycles. The van der Waals surface area contributed by atoms with E-state index in [1.54, 1.807) is 0 Å². The van der Waals surface area contributed by atoms with Crippen LogP contribution in [0.15, 0.2) is 11.6 Å². The van der Waals surface area contributed by atoms with Gasteiger partial charge in [0.05, 0.1) is 5.92 Å². The molecule has 1 atom stereocenters. The maximum atomic E-state index is 11.0. The monoisotopic (exact) mass is 138 g/mol. The fraction of sp³-hybridized carbons (Fsp3) is 0.625. The summed E-state index contributed by atoms with van der Waals surface area (Å²) in [5, 5.41) is 0. The summed E-state index contributed by atoms with van der Waals surface area (Å²) < 4.78 is 4.88. The molecule has 0 spiro atoms. The molecule has 2 rings (SSSR count). The van der Waals surface area contributed by atoms with Gasteiger partial charge in [0.2, 0.25) is 0 Å². The standard InChI is InChI=1S/C8H10O2/c9-8-7-3-1-2-6(7)4-5-10-8/h4,7H,1-3,5H2. The van der Waals surface area contributed by atoms with E-state index in [2.05, 4.69) is 6.08 Å². The van der Waals surface area contributed by atoms with Crippen molar-refractivity contribution in [1.29, 1.82) is 0 Å². The lowest BCUT2D eigenvalue weighted by atomic mass is 10.0. The average molecular weight is 138 g/mol. The first-order valence-electron chi connectivity index (χ1n) is 3.73. The van der Waals surface area contributed by atoms with Crippen LogP contribution in [0.4, 0.5) is 0 Å². The van der Waals surface area contributed by atoms with Gasteiger partial charge >= 0.3 is 5.97 Å². The van der Waals surface area contributed by atoms with Gasteiger partial charge in [0, 0.05) is 0 Å². The van der Waals surface area contributed by atoms with E-state index < -0.39 is 0 Å². The third kappa shape index (κ3) is 0.753. The zero-order valence-corrected chi connectivity index (χ0v) is 5.80. The number of cyclic esters (lactones) is 1. The molecule has 0 bridgehead atoms. The Morgan fingerprint density at radius 1 is 1.60 bits per heavy atom. The third-order valence-corrected chi connectivity index (χ3v) is 2.26. The fourth-order valence-electron chi connectivity index (χ4n) is 1.71. The highest BCUT2D eigenvalue weighted by Crippen LogP contribution is 2.33. The van der Waals surface area contributed by atoms with E-state index in [9.17, 15) is 4.79 Å².